The summed E-state index contributed by atoms with van der Waals surface area (Å²) in [5.41, 5.74) is 2.04. The molecule has 4 heteroatoms. The molecule has 0 saturated carbocycles. The molecule has 1 aromatic rings. The maximum atomic E-state index is 12.6. The van der Waals surface area contributed by atoms with Gasteiger partial charge in [0.1, 0.15) is 0 Å². The summed E-state index contributed by atoms with van der Waals surface area (Å²) in [6.45, 7) is 4.56. The van der Waals surface area contributed by atoms with Crippen LogP contribution in [0.3, 0.4) is 0 Å². The largest absolute Gasteiger partial charge is 0.378 e. The van der Waals surface area contributed by atoms with Crippen molar-refractivity contribution in [2.24, 2.45) is 0 Å². The number of rotatable bonds is 3. The number of nitrogens with zero attached hydrogens (tertiary/aromatic N) is 2. The Morgan fingerprint density at radius 2 is 1.80 bits per heavy atom. The quantitative estimate of drug-likeness (QED) is 0.838. The highest BCUT2D eigenvalue weighted by atomic mass is 16.5. The van der Waals surface area contributed by atoms with Crippen LogP contribution >= 0.6 is 0 Å². The molecule has 106 valence electrons. The van der Waals surface area contributed by atoms with Crippen LogP contribution in [0.5, 0.6) is 0 Å². The van der Waals surface area contributed by atoms with Crippen molar-refractivity contribution in [3.8, 4) is 0 Å². The van der Waals surface area contributed by atoms with Crippen LogP contribution in [-0.2, 0) is 16.1 Å². The first kappa shape index (κ1) is 13.2. The average molecular weight is 272 g/mol. The second-order valence-electron chi connectivity index (χ2n) is 5.19. The third-order valence-corrected chi connectivity index (χ3v) is 3.81. The van der Waals surface area contributed by atoms with Gasteiger partial charge in [-0.2, -0.15) is 0 Å². The minimum atomic E-state index is 0.155. The zero-order valence-corrected chi connectivity index (χ0v) is 11.6. The number of hydrogen-bond acceptors (Lipinski definition) is 3. The molecular weight excluding hydrogens is 252 g/mol. The number of carbonyl (C=O) groups excluding carboxylic acids is 1. The highest BCUT2D eigenvalue weighted by Crippen LogP contribution is 2.19. The van der Waals surface area contributed by atoms with Crippen molar-refractivity contribution in [2.75, 3.05) is 32.8 Å². The number of morpholine rings is 1. The molecule has 1 amide bonds. The number of carbonyl (C=O) groups is 1. The molecule has 0 radical (unpaired) electrons. The summed E-state index contributed by atoms with van der Waals surface area (Å²) in [5.74, 6) is 0.155. The minimum absolute atomic E-state index is 0.155. The van der Waals surface area contributed by atoms with E-state index in [0.29, 0.717) is 19.8 Å². The summed E-state index contributed by atoms with van der Waals surface area (Å²) in [6, 6.07) is 10.2. The standard InChI is InChI=1S/C16H20N2O2/c19-16-15(17-9-11-20-12-10-17)7-4-8-18(16)13-14-5-2-1-3-6-14/h1-3,5-7H,4,8-13H2. The zero-order chi connectivity index (χ0) is 13.8. The highest BCUT2D eigenvalue weighted by Gasteiger charge is 2.27. The number of amides is 1. The topological polar surface area (TPSA) is 32.8 Å². The van der Waals surface area contributed by atoms with Gasteiger partial charge in [-0.1, -0.05) is 36.4 Å². The SMILES string of the molecule is O=C1C(N2CCOCC2)=CCCN1Cc1ccccc1. The summed E-state index contributed by atoms with van der Waals surface area (Å²) in [4.78, 5) is 16.7. The van der Waals surface area contributed by atoms with Gasteiger partial charge in [0.2, 0.25) is 0 Å². The van der Waals surface area contributed by atoms with Gasteiger partial charge in [-0.25, -0.2) is 0 Å². The van der Waals surface area contributed by atoms with Crippen LogP contribution in [0.1, 0.15) is 12.0 Å². The zero-order valence-electron chi connectivity index (χ0n) is 11.6. The smallest absolute Gasteiger partial charge is 0.270 e. The van der Waals surface area contributed by atoms with Crippen molar-refractivity contribution in [2.45, 2.75) is 13.0 Å². The summed E-state index contributed by atoms with van der Waals surface area (Å²) < 4.78 is 5.35. The van der Waals surface area contributed by atoms with Gasteiger partial charge >= 0.3 is 0 Å². The van der Waals surface area contributed by atoms with Gasteiger partial charge in [0.25, 0.3) is 5.91 Å². The molecule has 0 spiro atoms. The summed E-state index contributed by atoms with van der Waals surface area (Å²) in [7, 11) is 0. The molecule has 1 aromatic carbocycles. The summed E-state index contributed by atoms with van der Waals surface area (Å²) >= 11 is 0. The molecular formula is C16H20N2O2. The van der Waals surface area contributed by atoms with Crippen LogP contribution in [0.15, 0.2) is 42.1 Å². The van der Waals surface area contributed by atoms with E-state index in [-0.39, 0.29) is 5.91 Å². The molecule has 2 aliphatic heterocycles. The molecule has 1 saturated heterocycles. The molecule has 20 heavy (non-hydrogen) atoms. The lowest BCUT2D eigenvalue weighted by Crippen LogP contribution is -2.45. The average Bonchev–Trinajstić information content (AvgIpc) is 2.51. The maximum absolute atomic E-state index is 12.6. The number of benzene rings is 1. The first-order chi connectivity index (χ1) is 9.84. The first-order valence-corrected chi connectivity index (χ1v) is 7.20. The maximum Gasteiger partial charge on any atom is 0.270 e. The van der Waals surface area contributed by atoms with E-state index in [9.17, 15) is 4.79 Å². The van der Waals surface area contributed by atoms with Crippen LogP contribution in [0.4, 0.5) is 0 Å². The van der Waals surface area contributed by atoms with Crippen LogP contribution in [0.25, 0.3) is 0 Å². The second-order valence-corrected chi connectivity index (χ2v) is 5.19. The minimum Gasteiger partial charge on any atom is -0.378 e. The number of ether oxygens (including phenoxy) is 1. The Balaban J connectivity index is 1.69. The van der Waals surface area contributed by atoms with Crippen molar-refractivity contribution < 1.29 is 9.53 Å². The van der Waals surface area contributed by atoms with Crippen molar-refractivity contribution in [3.05, 3.63) is 47.7 Å². The van der Waals surface area contributed by atoms with E-state index in [2.05, 4.69) is 23.1 Å². The van der Waals surface area contributed by atoms with Gasteiger partial charge in [0.05, 0.1) is 18.9 Å². The first-order valence-electron chi connectivity index (χ1n) is 7.20. The third kappa shape index (κ3) is 2.85. The summed E-state index contributed by atoms with van der Waals surface area (Å²) in [6.07, 6.45) is 3.01. The molecule has 4 nitrogen and oxygen atoms in total. The fraction of sp³-hybridized carbons (Fsp3) is 0.438. The van der Waals surface area contributed by atoms with Gasteiger partial charge < -0.3 is 14.5 Å². The van der Waals surface area contributed by atoms with Crippen LogP contribution in [0.2, 0.25) is 0 Å². The molecule has 0 aromatic heterocycles. The Hall–Kier alpha value is -1.81. The Kier molecular flexibility index (Phi) is 4.02. The molecule has 0 unspecified atom stereocenters. The van der Waals surface area contributed by atoms with E-state index in [0.717, 1.165) is 31.8 Å². The van der Waals surface area contributed by atoms with Crippen LogP contribution in [0, 0.1) is 0 Å². The Morgan fingerprint density at radius 3 is 2.55 bits per heavy atom. The van der Waals surface area contributed by atoms with Gasteiger partial charge in [-0.3, -0.25) is 4.79 Å². The fourth-order valence-electron chi connectivity index (χ4n) is 2.73. The van der Waals surface area contributed by atoms with E-state index in [1.807, 2.05) is 23.1 Å². The molecule has 3 rings (SSSR count). The molecule has 1 fully saturated rings. The molecule has 0 N–H and O–H groups in total. The third-order valence-electron chi connectivity index (χ3n) is 3.81. The summed E-state index contributed by atoms with van der Waals surface area (Å²) in [5, 5.41) is 0. The second kappa shape index (κ2) is 6.09. The lowest BCUT2D eigenvalue weighted by atomic mass is 10.1. The predicted molar refractivity (Wildman–Crippen MR) is 77.0 cm³/mol. The van der Waals surface area contributed by atoms with E-state index in [4.69, 9.17) is 4.74 Å². The van der Waals surface area contributed by atoms with Gasteiger partial charge in [-0.15, -0.1) is 0 Å². The monoisotopic (exact) mass is 272 g/mol. The lowest BCUT2D eigenvalue weighted by molar-refractivity contribution is -0.130. The Bertz CT molecular complexity index is 492. The van der Waals surface area contributed by atoms with Crippen molar-refractivity contribution >= 4 is 5.91 Å². The molecule has 0 atom stereocenters. The van der Waals surface area contributed by atoms with Crippen molar-refractivity contribution in [1.29, 1.82) is 0 Å². The lowest BCUT2D eigenvalue weighted by Gasteiger charge is -2.35. The van der Waals surface area contributed by atoms with Gasteiger partial charge in [0, 0.05) is 26.2 Å². The highest BCUT2D eigenvalue weighted by molar-refractivity contribution is 5.93. The van der Waals surface area contributed by atoms with Crippen molar-refractivity contribution in [3.63, 3.8) is 0 Å². The van der Waals surface area contributed by atoms with Crippen molar-refractivity contribution in [1.82, 2.24) is 9.80 Å². The van der Waals surface area contributed by atoms with Crippen LogP contribution < -0.4 is 0 Å². The van der Waals surface area contributed by atoms with E-state index < -0.39 is 0 Å². The molecule has 2 heterocycles. The normalized spacial score (nSPS) is 20.0. The van der Waals surface area contributed by atoms with Gasteiger partial charge in [0.15, 0.2) is 0 Å². The van der Waals surface area contributed by atoms with Gasteiger partial charge in [-0.05, 0) is 12.0 Å². The van der Waals surface area contributed by atoms with E-state index in [1.54, 1.807) is 0 Å². The Morgan fingerprint density at radius 1 is 1.05 bits per heavy atom. The fourth-order valence-corrected chi connectivity index (χ4v) is 2.73. The number of hydrogen-bond donors (Lipinski definition) is 0. The Labute approximate surface area is 119 Å². The molecule has 0 bridgehead atoms. The van der Waals surface area contributed by atoms with Crippen LogP contribution in [-0.4, -0.2) is 48.6 Å². The van der Waals surface area contributed by atoms with E-state index >= 15 is 0 Å². The van der Waals surface area contributed by atoms with E-state index in [1.165, 1.54) is 5.56 Å². The molecule has 0 aliphatic carbocycles. The molecule has 2 aliphatic rings. The predicted octanol–water partition coefficient (Wildman–Crippen LogP) is 1.63.